The highest BCUT2D eigenvalue weighted by Crippen LogP contribution is 2.15. The summed E-state index contributed by atoms with van der Waals surface area (Å²) in [5, 5.41) is 16.2. The van der Waals surface area contributed by atoms with Crippen LogP contribution in [0.4, 0.5) is 0 Å². The van der Waals surface area contributed by atoms with Gasteiger partial charge in [0.25, 0.3) is 0 Å². The van der Waals surface area contributed by atoms with Gasteiger partial charge in [-0.1, -0.05) is 95.5 Å². The molecule has 0 bridgehead atoms. The van der Waals surface area contributed by atoms with E-state index < -0.39 is 0 Å². The smallest absolute Gasteiger partial charge is 0.0698 e. The molecule has 1 aliphatic carbocycles. The summed E-state index contributed by atoms with van der Waals surface area (Å²) in [7, 11) is 0. The zero-order valence-electron chi connectivity index (χ0n) is 20.1. The second-order valence-corrected chi connectivity index (χ2v) is 7.32. The Balaban J connectivity index is 0. The van der Waals surface area contributed by atoms with Crippen LogP contribution in [-0.2, 0) is 15.9 Å². The van der Waals surface area contributed by atoms with Crippen LogP contribution in [0.5, 0.6) is 0 Å². The van der Waals surface area contributed by atoms with Crippen LogP contribution in [0, 0.1) is 0 Å². The molecule has 4 nitrogen and oxygen atoms in total. The minimum atomic E-state index is 0.0278. The van der Waals surface area contributed by atoms with E-state index in [4.69, 9.17) is 14.9 Å². The quantitative estimate of drug-likeness (QED) is 0.415. The average Bonchev–Trinajstić information content (AvgIpc) is 2.81. The predicted octanol–water partition coefficient (Wildman–Crippen LogP) is 6.18. The van der Waals surface area contributed by atoms with Crippen molar-refractivity contribution in [3.05, 3.63) is 35.9 Å². The summed E-state index contributed by atoms with van der Waals surface area (Å²) in [6, 6.07) is 10.6. The average molecular weight is 427 g/mol. The van der Waals surface area contributed by atoms with Gasteiger partial charge in [0.15, 0.2) is 0 Å². The molecule has 1 aromatic rings. The number of aliphatic hydroxyl groups is 2. The predicted molar refractivity (Wildman–Crippen MR) is 129 cm³/mol. The Bertz CT molecular complexity index is 350. The summed E-state index contributed by atoms with van der Waals surface area (Å²) in [6.45, 7) is 8.91. The number of hydrogen-bond donors (Lipinski definition) is 2. The van der Waals surface area contributed by atoms with Gasteiger partial charge in [-0.25, -0.2) is 0 Å². The van der Waals surface area contributed by atoms with Crippen molar-refractivity contribution in [3.8, 4) is 0 Å². The van der Waals surface area contributed by atoms with Crippen LogP contribution in [0.15, 0.2) is 30.3 Å². The zero-order valence-corrected chi connectivity index (χ0v) is 20.1. The van der Waals surface area contributed by atoms with Gasteiger partial charge < -0.3 is 19.7 Å². The van der Waals surface area contributed by atoms with Crippen LogP contribution < -0.4 is 0 Å². The molecule has 0 atom stereocenters. The lowest BCUT2D eigenvalue weighted by Gasteiger charge is -2.05. The maximum absolute atomic E-state index is 8.09. The molecule has 0 aromatic heterocycles. The van der Waals surface area contributed by atoms with Crippen LogP contribution in [0.1, 0.15) is 90.5 Å². The molecule has 178 valence electrons. The van der Waals surface area contributed by atoms with Crippen molar-refractivity contribution >= 4 is 0 Å². The molecular weight excluding hydrogens is 376 g/mol. The van der Waals surface area contributed by atoms with Crippen LogP contribution >= 0.6 is 0 Å². The normalized spacial score (nSPS) is 12.4. The number of rotatable bonds is 11. The Hall–Kier alpha value is -0.940. The van der Waals surface area contributed by atoms with Gasteiger partial charge in [0.05, 0.1) is 26.4 Å². The summed E-state index contributed by atoms with van der Waals surface area (Å²) in [4.78, 5) is 0. The van der Waals surface area contributed by atoms with Crippen molar-refractivity contribution < 1.29 is 19.7 Å². The number of aryl methyl sites for hydroxylation is 1. The number of aliphatic hydroxyl groups excluding tert-OH is 2. The molecule has 0 radical (unpaired) electrons. The highest BCUT2D eigenvalue weighted by atomic mass is 16.5. The first-order chi connectivity index (χ1) is 14.8. The van der Waals surface area contributed by atoms with E-state index >= 15 is 0 Å². The summed E-state index contributed by atoms with van der Waals surface area (Å²) in [5.74, 6) is 0. The van der Waals surface area contributed by atoms with Crippen molar-refractivity contribution in [2.75, 3.05) is 39.6 Å². The van der Waals surface area contributed by atoms with E-state index in [0.717, 1.165) is 13.2 Å². The van der Waals surface area contributed by atoms with E-state index in [0.29, 0.717) is 13.2 Å². The Labute approximate surface area is 187 Å². The van der Waals surface area contributed by atoms with Gasteiger partial charge >= 0.3 is 0 Å². The first-order valence-corrected chi connectivity index (χ1v) is 12.2. The molecule has 1 aliphatic rings. The summed E-state index contributed by atoms with van der Waals surface area (Å²) in [6.07, 6.45) is 15.3. The molecular formula is C26H50O4. The molecule has 4 heteroatoms. The summed E-state index contributed by atoms with van der Waals surface area (Å²) >= 11 is 0. The fourth-order valence-corrected chi connectivity index (χ4v) is 2.71. The van der Waals surface area contributed by atoms with E-state index in [1.165, 1.54) is 76.2 Å². The Kier molecular flexibility index (Phi) is 31.5. The lowest BCUT2D eigenvalue weighted by molar-refractivity contribution is 0.0650. The van der Waals surface area contributed by atoms with E-state index in [1.807, 2.05) is 6.92 Å². The van der Waals surface area contributed by atoms with Gasteiger partial charge in [0, 0.05) is 13.2 Å². The molecule has 0 unspecified atom stereocenters. The molecule has 2 rings (SSSR count). The van der Waals surface area contributed by atoms with Gasteiger partial charge in [-0.05, 0) is 31.7 Å². The number of hydrogen-bond acceptors (Lipinski definition) is 4. The molecule has 30 heavy (non-hydrogen) atoms. The van der Waals surface area contributed by atoms with Crippen LogP contribution in [0.2, 0.25) is 0 Å². The number of unbranched alkanes of at least 4 members (excludes halogenated alkanes) is 2. The molecule has 0 spiro atoms. The van der Waals surface area contributed by atoms with Crippen LogP contribution in [0.25, 0.3) is 0 Å². The molecule has 1 fully saturated rings. The Morgan fingerprint density at radius 3 is 1.57 bits per heavy atom. The minimum Gasteiger partial charge on any atom is -0.394 e. The van der Waals surface area contributed by atoms with Crippen molar-refractivity contribution in [3.63, 3.8) is 0 Å². The van der Waals surface area contributed by atoms with E-state index in [2.05, 4.69) is 48.9 Å². The third-order valence-electron chi connectivity index (χ3n) is 4.48. The molecule has 1 saturated carbocycles. The largest absolute Gasteiger partial charge is 0.394 e. The maximum atomic E-state index is 8.09. The molecule has 0 aliphatic heterocycles. The standard InChI is InChI=1S/C10H14.C6H14O.C6H12.C4H10O3/c1-2-3-7-10-8-5-4-6-9-10;1-3-5-6-7-4-2;1-2-4-6-5-3-1;5-1-3-7-4-2-6/h4-6,8-9H,2-3,7H2,1H3;3-6H2,1-2H3;1-6H2;5-6H,1-4H2. The fraction of sp³-hybridized carbons (Fsp3) is 0.769. The van der Waals surface area contributed by atoms with Gasteiger partial charge in [-0.2, -0.15) is 0 Å². The van der Waals surface area contributed by atoms with Gasteiger partial charge in [-0.3, -0.25) is 0 Å². The highest BCUT2D eigenvalue weighted by Gasteiger charge is 1.95. The summed E-state index contributed by atoms with van der Waals surface area (Å²) in [5.41, 5.74) is 1.46. The maximum Gasteiger partial charge on any atom is 0.0698 e. The second kappa shape index (κ2) is 30.3. The topological polar surface area (TPSA) is 58.9 Å². The molecule has 1 aromatic carbocycles. The monoisotopic (exact) mass is 426 g/mol. The van der Waals surface area contributed by atoms with Crippen molar-refractivity contribution in [2.24, 2.45) is 0 Å². The Morgan fingerprint density at radius 2 is 1.17 bits per heavy atom. The zero-order chi connectivity index (χ0) is 22.5. The molecule has 0 saturated heterocycles. The lowest BCUT2D eigenvalue weighted by atomic mass is 10.0. The highest BCUT2D eigenvalue weighted by molar-refractivity contribution is 5.14. The first-order valence-electron chi connectivity index (χ1n) is 12.2. The van der Waals surface area contributed by atoms with Crippen molar-refractivity contribution in [2.45, 2.75) is 91.4 Å². The van der Waals surface area contributed by atoms with Crippen LogP contribution in [0.3, 0.4) is 0 Å². The first kappa shape index (κ1) is 31.2. The lowest BCUT2D eigenvalue weighted by Crippen LogP contribution is -2.03. The van der Waals surface area contributed by atoms with Crippen molar-refractivity contribution in [1.82, 2.24) is 0 Å². The van der Waals surface area contributed by atoms with Gasteiger partial charge in [0.1, 0.15) is 0 Å². The number of benzene rings is 1. The van der Waals surface area contributed by atoms with E-state index in [9.17, 15) is 0 Å². The third-order valence-corrected chi connectivity index (χ3v) is 4.48. The molecule has 0 heterocycles. The molecule has 0 amide bonds. The minimum absolute atomic E-state index is 0.0278. The third kappa shape index (κ3) is 29.3. The van der Waals surface area contributed by atoms with Crippen molar-refractivity contribution in [1.29, 1.82) is 0 Å². The van der Waals surface area contributed by atoms with Gasteiger partial charge in [0.2, 0.25) is 0 Å². The van der Waals surface area contributed by atoms with E-state index in [1.54, 1.807) is 0 Å². The summed E-state index contributed by atoms with van der Waals surface area (Å²) < 4.78 is 9.71. The number of ether oxygens (including phenoxy) is 2. The second-order valence-electron chi connectivity index (χ2n) is 7.32. The fourth-order valence-electron chi connectivity index (χ4n) is 2.71. The van der Waals surface area contributed by atoms with Gasteiger partial charge in [-0.15, -0.1) is 0 Å². The van der Waals surface area contributed by atoms with Crippen LogP contribution in [-0.4, -0.2) is 49.9 Å². The Morgan fingerprint density at radius 1 is 0.667 bits per heavy atom. The van der Waals surface area contributed by atoms with E-state index in [-0.39, 0.29) is 13.2 Å². The molecule has 2 N–H and O–H groups in total. The SMILES string of the molecule is C1CCCCC1.CCCCOCC.CCCCc1ccccc1.OCCOCCO.